The van der Waals surface area contributed by atoms with Gasteiger partial charge in [0.25, 0.3) is 11.8 Å². The Morgan fingerprint density at radius 1 is 1.20 bits per heavy atom. The van der Waals surface area contributed by atoms with Gasteiger partial charge < -0.3 is 14.4 Å². The molecular formula is C39H48ClN5O5S. The van der Waals surface area contributed by atoms with E-state index in [2.05, 4.69) is 43.4 Å². The van der Waals surface area contributed by atoms with Crippen molar-refractivity contribution in [1.29, 1.82) is 0 Å². The summed E-state index contributed by atoms with van der Waals surface area (Å²) in [5.41, 5.74) is 3.64. The number of carbonyl (C=O) groups excluding carboxylic acids is 2. The van der Waals surface area contributed by atoms with Gasteiger partial charge in [0.1, 0.15) is 15.7 Å². The smallest absolute Gasteiger partial charge is 0.286 e. The van der Waals surface area contributed by atoms with Gasteiger partial charge in [0, 0.05) is 48.9 Å². The Kier molecular flexibility index (Phi) is 10.1. The van der Waals surface area contributed by atoms with E-state index in [1.54, 1.807) is 31.0 Å². The van der Waals surface area contributed by atoms with Crippen LogP contribution in [-0.2, 0) is 33.0 Å². The number of anilines is 1. The Bertz CT molecular complexity index is 1970. The number of allylic oxidation sites excluding steroid dienone is 1. The van der Waals surface area contributed by atoms with Gasteiger partial charge in [-0.1, -0.05) is 36.7 Å². The van der Waals surface area contributed by atoms with E-state index in [0.29, 0.717) is 49.3 Å². The molecule has 0 radical (unpaired) electrons. The lowest BCUT2D eigenvalue weighted by Gasteiger charge is -2.46. The molecule has 1 N–H and O–H groups in total. The third kappa shape index (κ3) is 6.97. The van der Waals surface area contributed by atoms with Crippen molar-refractivity contribution >= 4 is 39.0 Å². The normalized spacial score (nSPS) is 31.3. The molecule has 3 heterocycles. The van der Waals surface area contributed by atoms with E-state index < -0.39 is 27.0 Å². The highest BCUT2D eigenvalue weighted by atomic mass is 35.5. The molecular weight excluding hydrogens is 686 g/mol. The van der Waals surface area contributed by atoms with Crippen molar-refractivity contribution in [2.75, 3.05) is 31.7 Å². The molecule has 7 rings (SSSR count). The van der Waals surface area contributed by atoms with E-state index >= 15 is 0 Å². The highest BCUT2D eigenvalue weighted by Crippen LogP contribution is 2.47. The lowest BCUT2D eigenvalue weighted by atomic mass is 9.68. The number of fused-ring (bicyclic) bond motifs is 4. The molecule has 1 aromatic heterocycles. The Balaban J connectivity index is 1.32. The molecule has 10 nitrogen and oxygen atoms in total. The fraction of sp³-hybridized carbons (Fsp3) is 0.513. The number of halogens is 1. The van der Waals surface area contributed by atoms with Gasteiger partial charge in [0.15, 0.2) is 0 Å². The number of hydrogen-bond donors (Lipinski definition) is 1. The van der Waals surface area contributed by atoms with E-state index in [0.717, 1.165) is 49.4 Å². The highest BCUT2D eigenvalue weighted by Gasteiger charge is 2.44. The first kappa shape index (κ1) is 35.7. The molecule has 7 unspecified atom stereocenters. The SMILES string of the molecule is CCn1cc(C(=O)NS2(=O)=NC(=O)c3ccc4c(c3)N(CC3CCC3C(OC)/C=C/CC(C)C2C)CC2(CCCc3cc(Cl)ccc32)CO4)cn1. The maximum Gasteiger partial charge on any atom is 0.286 e. The molecule has 2 aromatic carbocycles. The number of amides is 2. The van der Waals surface area contributed by atoms with Crippen molar-refractivity contribution in [3.8, 4) is 5.75 Å². The van der Waals surface area contributed by atoms with Gasteiger partial charge in [-0.2, -0.15) is 5.10 Å². The number of benzene rings is 2. The van der Waals surface area contributed by atoms with E-state index in [1.807, 2.05) is 32.0 Å². The molecule has 272 valence electrons. The quantitative estimate of drug-likeness (QED) is 0.287. The summed E-state index contributed by atoms with van der Waals surface area (Å²) >= 11 is 6.46. The second-order valence-electron chi connectivity index (χ2n) is 14.8. The van der Waals surface area contributed by atoms with Crippen molar-refractivity contribution in [2.45, 2.75) is 82.6 Å². The first-order chi connectivity index (χ1) is 24.5. The Hall–Kier alpha value is -3.67. The second-order valence-corrected chi connectivity index (χ2v) is 17.5. The molecule has 7 atom stereocenters. The number of nitrogens with zero attached hydrogens (tertiary/aromatic N) is 4. The Morgan fingerprint density at radius 2 is 2.04 bits per heavy atom. The van der Waals surface area contributed by atoms with Crippen molar-refractivity contribution in [3.05, 3.63) is 88.2 Å². The zero-order valence-electron chi connectivity index (χ0n) is 29.8. The van der Waals surface area contributed by atoms with Crippen LogP contribution in [0, 0.1) is 17.8 Å². The van der Waals surface area contributed by atoms with Gasteiger partial charge in [0.05, 0.1) is 35.4 Å². The molecule has 2 aliphatic carbocycles. The number of aryl methyl sites for hydroxylation is 2. The van der Waals surface area contributed by atoms with Gasteiger partial charge >= 0.3 is 0 Å². The third-order valence-electron chi connectivity index (χ3n) is 11.7. The number of rotatable bonds is 4. The first-order valence-electron chi connectivity index (χ1n) is 18.2. The lowest BCUT2D eigenvalue weighted by Crippen LogP contribution is -2.49. The molecule has 2 bridgehead atoms. The number of nitrogens with one attached hydrogen (secondary N) is 1. The Morgan fingerprint density at radius 3 is 2.78 bits per heavy atom. The van der Waals surface area contributed by atoms with E-state index in [4.69, 9.17) is 21.1 Å². The number of ether oxygens (including phenoxy) is 2. The van der Waals surface area contributed by atoms with E-state index in [1.165, 1.54) is 17.3 Å². The fourth-order valence-corrected chi connectivity index (χ4v) is 10.4. The van der Waals surface area contributed by atoms with Crippen LogP contribution in [0.15, 0.2) is 65.3 Å². The van der Waals surface area contributed by atoms with Crippen LogP contribution in [0.5, 0.6) is 5.75 Å². The molecule has 4 aliphatic rings. The van der Waals surface area contributed by atoms with E-state index in [9.17, 15) is 13.8 Å². The van der Waals surface area contributed by atoms with Gasteiger partial charge in [-0.05, 0) is 112 Å². The predicted molar refractivity (Wildman–Crippen MR) is 200 cm³/mol. The van der Waals surface area contributed by atoms with Crippen LogP contribution < -0.4 is 14.4 Å². The number of methoxy groups -OCH3 is 1. The summed E-state index contributed by atoms with van der Waals surface area (Å²) in [7, 11) is -1.83. The summed E-state index contributed by atoms with van der Waals surface area (Å²) in [5.74, 6) is 0.0131. The number of aromatic nitrogens is 2. The van der Waals surface area contributed by atoms with E-state index in [-0.39, 0.29) is 23.0 Å². The highest BCUT2D eigenvalue weighted by molar-refractivity contribution is 7.93. The van der Waals surface area contributed by atoms with Crippen LogP contribution >= 0.6 is 11.6 Å². The molecule has 1 saturated carbocycles. The standard InChI is InChI=1S/C39H48ClN5O5S/c1-5-45-22-30(20-41-45)38(47)43-51(48)26(3)25(2)8-6-10-35(49-4)32-14-11-29(32)21-44-23-39(17-7-9-27-18-31(40)13-15-33(27)39)24-50-36-16-12-28(19-34(36)44)37(46)42-51/h6,10,12-13,15-16,18-20,22,25-26,29,32,35H,5,7-9,11,14,17,21,23-24H2,1-4H3,(H,42,43,46,47,48)/b10-6+. The zero-order chi connectivity index (χ0) is 35.9. The molecule has 2 amide bonds. The minimum absolute atomic E-state index is 0.0647. The van der Waals surface area contributed by atoms with Crippen LogP contribution in [-0.4, -0.2) is 64.0 Å². The van der Waals surface area contributed by atoms with Crippen LogP contribution in [0.4, 0.5) is 5.69 Å². The molecule has 12 heteroatoms. The van der Waals surface area contributed by atoms with Crippen LogP contribution in [0.25, 0.3) is 0 Å². The maximum absolute atomic E-state index is 14.8. The van der Waals surface area contributed by atoms with Crippen molar-refractivity contribution < 1.29 is 23.3 Å². The second kappa shape index (κ2) is 14.4. The number of hydrogen-bond acceptors (Lipinski definition) is 7. The minimum Gasteiger partial charge on any atom is -0.490 e. The lowest BCUT2D eigenvalue weighted by molar-refractivity contribution is 0.0131. The predicted octanol–water partition coefficient (Wildman–Crippen LogP) is 7.01. The summed E-state index contributed by atoms with van der Waals surface area (Å²) in [4.78, 5) is 29.9. The summed E-state index contributed by atoms with van der Waals surface area (Å²) in [5, 5.41) is 4.28. The Labute approximate surface area is 306 Å². The summed E-state index contributed by atoms with van der Waals surface area (Å²) in [6.07, 6.45) is 12.9. The summed E-state index contributed by atoms with van der Waals surface area (Å²) < 4.78 is 36.2. The number of carbonyl (C=O) groups is 2. The van der Waals surface area contributed by atoms with Crippen LogP contribution in [0.2, 0.25) is 5.02 Å². The molecule has 2 aliphatic heterocycles. The third-order valence-corrected chi connectivity index (χ3v) is 14.3. The maximum atomic E-state index is 14.8. The fourth-order valence-electron chi connectivity index (χ4n) is 8.33. The summed E-state index contributed by atoms with van der Waals surface area (Å²) in [6, 6.07) is 11.6. The average molecular weight is 734 g/mol. The van der Waals surface area contributed by atoms with Gasteiger partial charge in [-0.25, -0.2) is 4.21 Å². The molecule has 51 heavy (non-hydrogen) atoms. The van der Waals surface area contributed by atoms with Crippen molar-refractivity contribution in [1.82, 2.24) is 14.5 Å². The summed E-state index contributed by atoms with van der Waals surface area (Å²) in [6.45, 7) is 8.25. The first-order valence-corrected chi connectivity index (χ1v) is 20.1. The average Bonchev–Trinajstić information content (AvgIpc) is 3.55. The van der Waals surface area contributed by atoms with Crippen LogP contribution in [0.1, 0.15) is 84.7 Å². The largest absolute Gasteiger partial charge is 0.490 e. The topological polar surface area (TPSA) is 115 Å². The van der Waals surface area contributed by atoms with Gasteiger partial charge in [-0.3, -0.25) is 19.0 Å². The van der Waals surface area contributed by atoms with Crippen molar-refractivity contribution in [2.24, 2.45) is 22.1 Å². The zero-order valence-corrected chi connectivity index (χ0v) is 31.4. The van der Waals surface area contributed by atoms with Gasteiger partial charge in [-0.15, -0.1) is 4.36 Å². The molecule has 1 spiro atoms. The molecule has 1 fully saturated rings. The van der Waals surface area contributed by atoms with Crippen LogP contribution in [0.3, 0.4) is 0 Å². The van der Waals surface area contributed by atoms with Gasteiger partial charge in [0.2, 0.25) is 0 Å². The monoisotopic (exact) mass is 733 g/mol. The minimum atomic E-state index is -3.60. The molecule has 3 aromatic rings. The molecule has 0 saturated heterocycles. The van der Waals surface area contributed by atoms with Crippen molar-refractivity contribution in [3.63, 3.8) is 0 Å².